The van der Waals surface area contributed by atoms with E-state index in [0.717, 1.165) is 43.2 Å². The Morgan fingerprint density at radius 1 is 1.16 bits per heavy atom. The molecule has 3 aliphatic rings. The fraction of sp³-hybridized carbons (Fsp3) is 0.722. The van der Waals surface area contributed by atoms with E-state index in [9.17, 15) is 0 Å². The molecule has 1 saturated heterocycles. The molecule has 4 heterocycles. The number of aromatic nitrogens is 4. The van der Waals surface area contributed by atoms with Crippen molar-refractivity contribution in [2.45, 2.75) is 69.7 Å². The van der Waals surface area contributed by atoms with Crippen LogP contribution in [-0.2, 0) is 17.9 Å². The molecule has 1 saturated carbocycles. The minimum Gasteiger partial charge on any atom is -0.370 e. The third-order valence-electron chi connectivity index (χ3n) is 5.99. The van der Waals surface area contributed by atoms with Crippen molar-refractivity contribution in [3.8, 4) is 0 Å². The van der Waals surface area contributed by atoms with Gasteiger partial charge in [-0.1, -0.05) is 29.6 Å². The standard InChI is InChI=1S/C18H25N5O2/c1-2-4-13(5-3-1)16-8-15(25-20-16)10-22-7-6-18-17(11-22)23-14(12-24-18)9-19-21-23/h8-9,13,17-18H,1-7,10-12H2/t17-,18+/m0/s1. The van der Waals surface area contributed by atoms with Crippen molar-refractivity contribution in [2.24, 2.45) is 0 Å². The van der Waals surface area contributed by atoms with Crippen LogP contribution in [-0.4, -0.2) is 44.2 Å². The smallest absolute Gasteiger partial charge is 0.150 e. The molecule has 2 aliphatic heterocycles. The number of ether oxygens (including phenoxy) is 1. The maximum Gasteiger partial charge on any atom is 0.150 e. The summed E-state index contributed by atoms with van der Waals surface area (Å²) in [5.41, 5.74) is 2.23. The molecule has 5 rings (SSSR count). The van der Waals surface area contributed by atoms with E-state index in [1.165, 1.54) is 32.1 Å². The predicted octanol–water partition coefficient (Wildman–Crippen LogP) is 2.66. The summed E-state index contributed by atoms with van der Waals surface area (Å²) in [5.74, 6) is 1.58. The van der Waals surface area contributed by atoms with Gasteiger partial charge in [-0.3, -0.25) is 4.90 Å². The van der Waals surface area contributed by atoms with E-state index >= 15 is 0 Å². The topological polar surface area (TPSA) is 69.2 Å². The Bertz CT molecular complexity index is 721. The van der Waals surface area contributed by atoms with Crippen LogP contribution in [0.15, 0.2) is 16.8 Å². The second-order valence-corrected chi connectivity index (χ2v) is 7.66. The molecular formula is C18H25N5O2. The van der Waals surface area contributed by atoms with Gasteiger partial charge >= 0.3 is 0 Å². The lowest BCUT2D eigenvalue weighted by Gasteiger charge is -2.40. The van der Waals surface area contributed by atoms with Crippen molar-refractivity contribution in [3.05, 3.63) is 29.4 Å². The molecule has 2 aromatic rings. The summed E-state index contributed by atoms with van der Waals surface area (Å²) in [4.78, 5) is 2.42. The number of likely N-dealkylation sites (tertiary alicyclic amines) is 1. The van der Waals surface area contributed by atoms with Gasteiger partial charge in [-0.2, -0.15) is 0 Å². The fourth-order valence-electron chi connectivity index (χ4n) is 4.60. The van der Waals surface area contributed by atoms with Crippen LogP contribution in [0.1, 0.15) is 67.6 Å². The molecule has 0 spiro atoms. The molecule has 0 unspecified atom stereocenters. The first kappa shape index (κ1) is 15.5. The lowest BCUT2D eigenvalue weighted by molar-refractivity contribution is -0.0679. The molecule has 2 atom stereocenters. The van der Waals surface area contributed by atoms with E-state index in [4.69, 9.17) is 9.26 Å². The first-order valence-electron chi connectivity index (χ1n) is 9.55. The summed E-state index contributed by atoms with van der Waals surface area (Å²) in [6, 6.07) is 2.43. The Morgan fingerprint density at radius 3 is 3.00 bits per heavy atom. The van der Waals surface area contributed by atoms with Crippen molar-refractivity contribution in [1.29, 1.82) is 0 Å². The molecule has 7 nitrogen and oxygen atoms in total. The van der Waals surface area contributed by atoms with Crippen LogP contribution in [0.2, 0.25) is 0 Å². The Kier molecular flexibility index (Phi) is 4.06. The first-order valence-corrected chi connectivity index (χ1v) is 9.55. The minimum absolute atomic E-state index is 0.248. The molecule has 0 radical (unpaired) electrons. The molecule has 7 heteroatoms. The average molecular weight is 343 g/mol. The maximum absolute atomic E-state index is 5.99. The van der Waals surface area contributed by atoms with Gasteiger partial charge in [0.2, 0.25) is 0 Å². The monoisotopic (exact) mass is 343 g/mol. The molecular weight excluding hydrogens is 318 g/mol. The van der Waals surface area contributed by atoms with Crippen LogP contribution >= 0.6 is 0 Å². The Balaban J connectivity index is 1.26. The highest BCUT2D eigenvalue weighted by atomic mass is 16.5. The van der Waals surface area contributed by atoms with Crippen molar-refractivity contribution < 1.29 is 9.26 Å². The second kappa shape index (κ2) is 6.53. The van der Waals surface area contributed by atoms with Crippen LogP contribution in [0.5, 0.6) is 0 Å². The zero-order chi connectivity index (χ0) is 16.6. The van der Waals surface area contributed by atoms with Crippen molar-refractivity contribution in [1.82, 2.24) is 25.1 Å². The van der Waals surface area contributed by atoms with Gasteiger partial charge in [0.15, 0.2) is 5.76 Å². The van der Waals surface area contributed by atoms with E-state index in [2.05, 4.69) is 26.4 Å². The van der Waals surface area contributed by atoms with Gasteiger partial charge in [0, 0.05) is 25.1 Å². The number of hydrogen-bond acceptors (Lipinski definition) is 6. The zero-order valence-electron chi connectivity index (χ0n) is 14.5. The molecule has 25 heavy (non-hydrogen) atoms. The van der Waals surface area contributed by atoms with E-state index in [1.54, 1.807) is 0 Å². The number of nitrogens with zero attached hydrogens (tertiary/aromatic N) is 5. The van der Waals surface area contributed by atoms with Gasteiger partial charge in [-0.25, -0.2) is 4.68 Å². The summed E-state index contributed by atoms with van der Waals surface area (Å²) in [7, 11) is 0. The van der Waals surface area contributed by atoms with Gasteiger partial charge < -0.3 is 9.26 Å². The molecule has 0 N–H and O–H groups in total. The summed E-state index contributed by atoms with van der Waals surface area (Å²) in [6.07, 6.45) is 9.60. The van der Waals surface area contributed by atoms with Crippen LogP contribution in [0.25, 0.3) is 0 Å². The van der Waals surface area contributed by atoms with Gasteiger partial charge in [0.1, 0.15) is 0 Å². The largest absolute Gasteiger partial charge is 0.370 e. The van der Waals surface area contributed by atoms with E-state index in [1.807, 2.05) is 10.9 Å². The second-order valence-electron chi connectivity index (χ2n) is 7.66. The molecule has 2 fully saturated rings. The predicted molar refractivity (Wildman–Crippen MR) is 89.9 cm³/mol. The Hall–Kier alpha value is -1.73. The summed E-state index contributed by atoms with van der Waals surface area (Å²) >= 11 is 0. The number of piperidine rings is 1. The summed E-state index contributed by atoms with van der Waals surface area (Å²) < 4.78 is 13.7. The summed E-state index contributed by atoms with van der Waals surface area (Å²) in [5, 5.41) is 12.7. The van der Waals surface area contributed by atoms with Gasteiger partial charge in [-0.05, 0) is 19.3 Å². The number of rotatable bonds is 3. The highest BCUT2D eigenvalue weighted by Crippen LogP contribution is 2.33. The van der Waals surface area contributed by atoms with Crippen molar-refractivity contribution in [3.63, 3.8) is 0 Å². The lowest BCUT2D eigenvalue weighted by atomic mass is 9.87. The SMILES string of the molecule is c1c(C2CCCCC2)noc1CN1CC[C@H]2OCc3cnnn3[C@H]2C1. The quantitative estimate of drug-likeness (QED) is 0.853. The maximum atomic E-state index is 5.99. The fourth-order valence-corrected chi connectivity index (χ4v) is 4.60. The van der Waals surface area contributed by atoms with E-state index in [-0.39, 0.29) is 12.1 Å². The third kappa shape index (κ3) is 3.00. The average Bonchev–Trinajstić information content (AvgIpc) is 3.32. The molecule has 1 aliphatic carbocycles. The third-order valence-corrected chi connectivity index (χ3v) is 5.99. The van der Waals surface area contributed by atoms with Crippen LogP contribution in [0, 0.1) is 0 Å². The zero-order valence-corrected chi connectivity index (χ0v) is 14.5. The highest BCUT2D eigenvalue weighted by molar-refractivity contribution is 5.11. The van der Waals surface area contributed by atoms with Gasteiger partial charge in [0.25, 0.3) is 0 Å². The first-order chi connectivity index (χ1) is 12.4. The Labute approximate surface area is 147 Å². The Morgan fingerprint density at radius 2 is 2.08 bits per heavy atom. The number of hydrogen-bond donors (Lipinski definition) is 0. The van der Waals surface area contributed by atoms with Gasteiger partial charge in [-0.15, -0.1) is 5.10 Å². The molecule has 0 bridgehead atoms. The molecule has 134 valence electrons. The van der Waals surface area contributed by atoms with Crippen molar-refractivity contribution in [2.75, 3.05) is 13.1 Å². The summed E-state index contributed by atoms with van der Waals surface area (Å²) in [6.45, 7) is 3.37. The van der Waals surface area contributed by atoms with E-state index < -0.39 is 0 Å². The van der Waals surface area contributed by atoms with Crippen LogP contribution in [0.4, 0.5) is 0 Å². The number of fused-ring (bicyclic) bond motifs is 3. The van der Waals surface area contributed by atoms with Crippen LogP contribution in [0.3, 0.4) is 0 Å². The van der Waals surface area contributed by atoms with Gasteiger partial charge in [0.05, 0.1) is 42.9 Å². The van der Waals surface area contributed by atoms with E-state index in [0.29, 0.717) is 12.5 Å². The highest BCUT2D eigenvalue weighted by Gasteiger charge is 2.36. The molecule has 2 aromatic heterocycles. The lowest BCUT2D eigenvalue weighted by Crippen LogP contribution is -2.47. The van der Waals surface area contributed by atoms with Crippen LogP contribution < -0.4 is 0 Å². The minimum atomic E-state index is 0.248. The van der Waals surface area contributed by atoms with Crippen molar-refractivity contribution >= 4 is 0 Å². The molecule has 0 aromatic carbocycles. The molecule has 0 amide bonds. The normalized spacial score (nSPS) is 27.8.